The fraction of sp³-hybridized carbons (Fsp3) is 0.385. The van der Waals surface area contributed by atoms with Gasteiger partial charge in [0, 0.05) is 11.6 Å². The molecule has 4 nitrogen and oxygen atoms in total. The van der Waals surface area contributed by atoms with Crippen LogP contribution in [-0.4, -0.2) is 22.0 Å². The Morgan fingerprint density at radius 3 is 2.78 bits per heavy atom. The van der Waals surface area contributed by atoms with Crippen LogP contribution in [0.5, 0.6) is 0 Å². The summed E-state index contributed by atoms with van der Waals surface area (Å²) in [5.41, 5.74) is 3.31. The van der Waals surface area contributed by atoms with Crippen LogP contribution in [0.3, 0.4) is 0 Å². The Labute approximate surface area is 112 Å². The van der Waals surface area contributed by atoms with Crippen LogP contribution in [0.25, 0.3) is 0 Å². The Hall–Kier alpha value is -1.39. The third-order valence-corrected chi connectivity index (χ3v) is 3.15. The SMILES string of the molecule is CCn1nncc1C(NC)c1cc(C)cc(Cl)c1. The lowest BCUT2D eigenvalue weighted by Gasteiger charge is -2.18. The van der Waals surface area contributed by atoms with Gasteiger partial charge in [0.25, 0.3) is 0 Å². The topological polar surface area (TPSA) is 42.7 Å². The van der Waals surface area contributed by atoms with Crippen molar-refractivity contribution in [2.75, 3.05) is 7.05 Å². The predicted octanol–water partition coefficient (Wildman–Crippen LogP) is 2.57. The summed E-state index contributed by atoms with van der Waals surface area (Å²) in [5, 5.41) is 12.1. The lowest BCUT2D eigenvalue weighted by molar-refractivity contribution is 0.552. The molecule has 1 aromatic heterocycles. The average Bonchev–Trinajstić information content (AvgIpc) is 2.77. The van der Waals surface area contributed by atoms with Crippen LogP contribution in [0.1, 0.15) is 29.8 Å². The third-order valence-electron chi connectivity index (χ3n) is 2.93. The highest BCUT2D eigenvalue weighted by Gasteiger charge is 2.17. The average molecular weight is 265 g/mol. The maximum atomic E-state index is 6.12. The zero-order chi connectivity index (χ0) is 13.1. The van der Waals surface area contributed by atoms with E-state index in [1.165, 1.54) is 0 Å². The molecular weight excluding hydrogens is 248 g/mol. The molecule has 0 saturated heterocycles. The molecule has 18 heavy (non-hydrogen) atoms. The maximum absolute atomic E-state index is 6.12. The third kappa shape index (κ3) is 2.54. The Kier molecular flexibility index (Phi) is 3.99. The molecule has 0 aliphatic rings. The Bertz CT molecular complexity index is 515. The molecule has 96 valence electrons. The molecule has 0 saturated carbocycles. The van der Waals surface area contributed by atoms with Gasteiger partial charge in [-0.2, -0.15) is 0 Å². The molecule has 0 fully saturated rings. The van der Waals surface area contributed by atoms with E-state index in [1.807, 2.05) is 37.7 Å². The molecule has 0 aliphatic heterocycles. The van der Waals surface area contributed by atoms with Gasteiger partial charge in [0.05, 0.1) is 17.9 Å². The first-order valence-electron chi connectivity index (χ1n) is 5.98. The summed E-state index contributed by atoms with van der Waals surface area (Å²) in [6.07, 6.45) is 1.79. The second-order valence-electron chi connectivity index (χ2n) is 4.26. The van der Waals surface area contributed by atoms with E-state index < -0.39 is 0 Å². The summed E-state index contributed by atoms with van der Waals surface area (Å²) in [5.74, 6) is 0. The Morgan fingerprint density at radius 1 is 1.39 bits per heavy atom. The lowest BCUT2D eigenvalue weighted by atomic mass is 10.0. The number of nitrogens with zero attached hydrogens (tertiary/aromatic N) is 3. The van der Waals surface area contributed by atoms with Crippen LogP contribution in [0, 0.1) is 6.92 Å². The Balaban J connectivity index is 2.45. The van der Waals surface area contributed by atoms with Gasteiger partial charge in [-0.1, -0.05) is 22.9 Å². The van der Waals surface area contributed by atoms with Crippen molar-refractivity contribution in [3.8, 4) is 0 Å². The number of rotatable bonds is 4. The van der Waals surface area contributed by atoms with Gasteiger partial charge in [0.2, 0.25) is 0 Å². The number of halogens is 1. The highest BCUT2D eigenvalue weighted by molar-refractivity contribution is 6.30. The van der Waals surface area contributed by atoms with Gasteiger partial charge in [-0.25, -0.2) is 4.68 Å². The van der Waals surface area contributed by atoms with E-state index >= 15 is 0 Å². The van der Waals surface area contributed by atoms with Crippen LogP contribution < -0.4 is 5.32 Å². The molecule has 1 aromatic carbocycles. The minimum atomic E-state index is 0.0531. The highest BCUT2D eigenvalue weighted by Crippen LogP contribution is 2.25. The zero-order valence-electron chi connectivity index (χ0n) is 10.8. The number of nitrogens with one attached hydrogen (secondary N) is 1. The van der Waals surface area contributed by atoms with Crippen molar-refractivity contribution >= 4 is 11.6 Å². The van der Waals surface area contributed by atoms with Gasteiger partial charge in [-0.3, -0.25) is 0 Å². The summed E-state index contributed by atoms with van der Waals surface area (Å²) in [4.78, 5) is 0. The van der Waals surface area contributed by atoms with Crippen LogP contribution in [0.15, 0.2) is 24.4 Å². The molecule has 1 heterocycles. The molecule has 1 unspecified atom stereocenters. The van der Waals surface area contributed by atoms with Crippen molar-refractivity contribution < 1.29 is 0 Å². The van der Waals surface area contributed by atoms with Crippen molar-refractivity contribution in [2.45, 2.75) is 26.4 Å². The summed E-state index contributed by atoms with van der Waals surface area (Å²) < 4.78 is 1.89. The van der Waals surface area contributed by atoms with Crippen LogP contribution in [0.2, 0.25) is 5.02 Å². The summed E-state index contributed by atoms with van der Waals surface area (Å²) >= 11 is 6.12. The molecular formula is C13H17ClN4. The zero-order valence-corrected chi connectivity index (χ0v) is 11.6. The van der Waals surface area contributed by atoms with Crippen molar-refractivity contribution in [2.24, 2.45) is 0 Å². The van der Waals surface area contributed by atoms with Gasteiger partial charge in [0.15, 0.2) is 0 Å². The van der Waals surface area contributed by atoms with E-state index in [9.17, 15) is 0 Å². The number of hydrogen-bond acceptors (Lipinski definition) is 3. The van der Waals surface area contributed by atoms with E-state index in [4.69, 9.17) is 11.6 Å². The van der Waals surface area contributed by atoms with Crippen molar-refractivity contribution in [1.29, 1.82) is 0 Å². The number of benzene rings is 1. The number of aryl methyl sites for hydroxylation is 2. The molecule has 0 radical (unpaired) electrons. The molecule has 0 spiro atoms. The van der Waals surface area contributed by atoms with Gasteiger partial charge < -0.3 is 5.32 Å². The maximum Gasteiger partial charge on any atom is 0.0801 e. The van der Waals surface area contributed by atoms with Crippen LogP contribution in [-0.2, 0) is 6.54 Å². The second-order valence-corrected chi connectivity index (χ2v) is 4.69. The minimum Gasteiger partial charge on any atom is -0.308 e. The first kappa shape index (κ1) is 13.1. The second kappa shape index (κ2) is 5.50. The largest absolute Gasteiger partial charge is 0.308 e. The van der Waals surface area contributed by atoms with Crippen molar-refractivity contribution in [1.82, 2.24) is 20.3 Å². The molecule has 2 aromatic rings. The van der Waals surface area contributed by atoms with Gasteiger partial charge in [-0.05, 0) is 44.2 Å². The first-order chi connectivity index (χ1) is 8.65. The summed E-state index contributed by atoms with van der Waals surface area (Å²) in [6, 6.07) is 6.10. The number of aromatic nitrogens is 3. The highest BCUT2D eigenvalue weighted by atomic mass is 35.5. The fourth-order valence-electron chi connectivity index (χ4n) is 2.15. The van der Waals surface area contributed by atoms with Gasteiger partial charge in [0.1, 0.15) is 0 Å². The molecule has 2 rings (SSSR count). The van der Waals surface area contributed by atoms with E-state index in [1.54, 1.807) is 6.20 Å². The molecule has 1 atom stereocenters. The normalized spacial score (nSPS) is 12.7. The van der Waals surface area contributed by atoms with Crippen molar-refractivity contribution in [3.63, 3.8) is 0 Å². The minimum absolute atomic E-state index is 0.0531. The molecule has 0 bridgehead atoms. The van der Waals surface area contributed by atoms with Crippen molar-refractivity contribution in [3.05, 3.63) is 46.2 Å². The molecule has 5 heteroatoms. The monoisotopic (exact) mass is 264 g/mol. The molecule has 0 amide bonds. The standard InChI is InChI=1S/C13H17ClN4/c1-4-18-12(8-16-17-18)13(15-3)10-5-9(2)6-11(14)7-10/h5-8,13,15H,4H2,1-3H3. The Morgan fingerprint density at radius 2 is 2.17 bits per heavy atom. The van der Waals surface area contributed by atoms with Gasteiger partial charge in [-0.15, -0.1) is 5.10 Å². The lowest BCUT2D eigenvalue weighted by Crippen LogP contribution is -2.21. The van der Waals surface area contributed by atoms with Crippen LogP contribution in [0.4, 0.5) is 0 Å². The number of hydrogen-bond donors (Lipinski definition) is 1. The van der Waals surface area contributed by atoms with E-state index in [-0.39, 0.29) is 6.04 Å². The predicted molar refractivity (Wildman–Crippen MR) is 72.8 cm³/mol. The van der Waals surface area contributed by atoms with Gasteiger partial charge >= 0.3 is 0 Å². The van der Waals surface area contributed by atoms with Crippen LogP contribution >= 0.6 is 11.6 Å². The van der Waals surface area contributed by atoms with E-state index in [0.717, 1.165) is 28.4 Å². The quantitative estimate of drug-likeness (QED) is 0.923. The van der Waals surface area contributed by atoms with E-state index in [2.05, 4.69) is 21.7 Å². The fourth-order valence-corrected chi connectivity index (χ4v) is 2.45. The van der Waals surface area contributed by atoms with E-state index in [0.29, 0.717) is 0 Å². The molecule has 1 N–H and O–H groups in total. The summed E-state index contributed by atoms with van der Waals surface area (Å²) in [6.45, 7) is 4.89. The summed E-state index contributed by atoms with van der Waals surface area (Å²) in [7, 11) is 1.92. The smallest absolute Gasteiger partial charge is 0.0801 e. The first-order valence-corrected chi connectivity index (χ1v) is 6.36. The molecule has 0 aliphatic carbocycles.